The summed E-state index contributed by atoms with van der Waals surface area (Å²) in [4.78, 5) is 10.7. The maximum atomic E-state index is 12.6. The van der Waals surface area contributed by atoms with Gasteiger partial charge in [-0.3, -0.25) is 9.48 Å². The largest absolute Gasteiger partial charge is 0.481 e. The van der Waals surface area contributed by atoms with Crippen LogP contribution in [0.3, 0.4) is 0 Å². The maximum absolute atomic E-state index is 12.6. The molecule has 21 heavy (non-hydrogen) atoms. The van der Waals surface area contributed by atoms with Crippen LogP contribution in [0.15, 0.2) is 17.3 Å². The number of carboxylic acids is 1. The number of carbonyl (C=O) groups is 1. The van der Waals surface area contributed by atoms with Crippen molar-refractivity contribution in [2.45, 2.75) is 44.0 Å². The smallest absolute Gasteiger partial charge is 0.305 e. The molecule has 7 nitrogen and oxygen atoms in total. The number of rotatable bonds is 9. The zero-order valence-corrected chi connectivity index (χ0v) is 12.9. The summed E-state index contributed by atoms with van der Waals surface area (Å²) in [5, 5.41) is 12.6. The Morgan fingerprint density at radius 2 is 2.24 bits per heavy atom. The Labute approximate surface area is 124 Å². The fourth-order valence-electron chi connectivity index (χ4n) is 2.11. The number of carboxylic acid groups (broad SMARTS) is 1. The number of aryl methyl sites for hydroxylation is 1. The maximum Gasteiger partial charge on any atom is 0.305 e. The van der Waals surface area contributed by atoms with E-state index in [4.69, 9.17) is 5.11 Å². The number of hydrogen-bond donors (Lipinski definition) is 1. The molecule has 1 fully saturated rings. The molecular formula is C13H21N3O4S. The molecule has 0 amide bonds. The van der Waals surface area contributed by atoms with Gasteiger partial charge in [0.25, 0.3) is 0 Å². The lowest BCUT2D eigenvalue weighted by Gasteiger charge is -2.20. The van der Waals surface area contributed by atoms with Gasteiger partial charge in [-0.15, -0.1) is 0 Å². The van der Waals surface area contributed by atoms with Crippen LogP contribution < -0.4 is 0 Å². The zero-order valence-electron chi connectivity index (χ0n) is 12.1. The average molecular weight is 315 g/mol. The van der Waals surface area contributed by atoms with E-state index < -0.39 is 16.0 Å². The second-order valence-electron chi connectivity index (χ2n) is 5.39. The normalized spacial score (nSPS) is 15.5. The second-order valence-corrected chi connectivity index (χ2v) is 7.33. The van der Waals surface area contributed by atoms with E-state index in [1.807, 2.05) is 6.92 Å². The van der Waals surface area contributed by atoms with E-state index in [2.05, 4.69) is 5.10 Å². The van der Waals surface area contributed by atoms with E-state index >= 15 is 0 Å². The Bertz CT molecular complexity index is 592. The summed E-state index contributed by atoms with van der Waals surface area (Å²) >= 11 is 0. The molecule has 8 heteroatoms. The quantitative estimate of drug-likeness (QED) is 0.738. The van der Waals surface area contributed by atoms with Crippen LogP contribution in [0.25, 0.3) is 0 Å². The van der Waals surface area contributed by atoms with Crippen molar-refractivity contribution in [3.05, 3.63) is 12.4 Å². The van der Waals surface area contributed by atoms with Gasteiger partial charge < -0.3 is 5.11 Å². The first-order valence-electron chi connectivity index (χ1n) is 7.18. The van der Waals surface area contributed by atoms with Gasteiger partial charge in [-0.05, 0) is 25.2 Å². The highest BCUT2D eigenvalue weighted by Crippen LogP contribution is 2.31. The van der Waals surface area contributed by atoms with Gasteiger partial charge in [0.1, 0.15) is 4.90 Å². The summed E-state index contributed by atoms with van der Waals surface area (Å²) in [6.45, 7) is 3.18. The number of aliphatic carboxylic acids is 1. The minimum atomic E-state index is -3.53. The first-order valence-corrected chi connectivity index (χ1v) is 8.62. The van der Waals surface area contributed by atoms with Crippen LogP contribution >= 0.6 is 0 Å². The Balaban J connectivity index is 2.10. The minimum Gasteiger partial charge on any atom is -0.481 e. The van der Waals surface area contributed by atoms with Gasteiger partial charge in [0.15, 0.2) is 0 Å². The lowest BCUT2D eigenvalue weighted by Crippen LogP contribution is -2.33. The van der Waals surface area contributed by atoms with Gasteiger partial charge in [0, 0.05) is 19.3 Å². The molecule has 0 saturated heterocycles. The molecule has 1 heterocycles. The highest BCUT2D eigenvalue weighted by molar-refractivity contribution is 7.89. The van der Waals surface area contributed by atoms with E-state index in [-0.39, 0.29) is 17.9 Å². The Kier molecular flexibility index (Phi) is 5.00. The molecule has 0 unspecified atom stereocenters. The lowest BCUT2D eigenvalue weighted by atomic mass is 10.4. The van der Waals surface area contributed by atoms with Crippen LogP contribution in [0.2, 0.25) is 0 Å². The second kappa shape index (κ2) is 6.57. The molecule has 0 atom stereocenters. The highest BCUT2D eigenvalue weighted by atomic mass is 32.2. The van der Waals surface area contributed by atoms with Crippen molar-refractivity contribution in [1.82, 2.24) is 14.1 Å². The fraction of sp³-hybridized carbons (Fsp3) is 0.692. The van der Waals surface area contributed by atoms with E-state index in [1.54, 1.807) is 0 Å². The molecule has 0 spiro atoms. The van der Waals surface area contributed by atoms with E-state index in [0.717, 1.165) is 19.3 Å². The van der Waals surface area contributed by atoms with Gasteiger partial charge in [-0.1, -0.05) is 6.92 Å². The summed E-state index contributed by atoms with van der Waals surface area (Å²) in [5.41, 5.74) is 0. The average Bonchev–Trinajstić information content (AvgIpc) is 3.10. The van der Waals surface area contributed by atoms with E-state index in [1.165, 1.54) is 21.4 Å². The van der Waals surface area contributed by atoms with Crippen LogP contribution in [0.4, 0.5) is 0 Å². The number of aromatic nitrogens is 2. The van der Waals surface area contributed by atoms with Crippen molar-refractivity contribution in [3.63, 3.8) is 0 Å². The van der Waals surface area contributed by atoms with Gasteiger partial charge >= 0.3 is 5.97 Å². The third-order valence-electron chi connectivity index (χ3n) is 3.43. The van der Waals surface area contributed by atoms with Crippen LogP contribution in [0.1, 0.15) is 32.6 Å². The molecule has 1 aromatic heterocycles. The minimum absolute atomic E-state index is 0.0814. The number of hydrogen-bond acceptors (Lipinski definition) is 4. The first-order chi connectivity index (χ1) is 9.93. The summed E-state index contributed by atoms with van der Waals surface area (Å²) in [6, 6.07) is 0. The van der Waals surface area contributed by atoms with Crippen LogP contribution in [-0.4, -0.2) is 46.7 Å². The van der Waals surface area contributed by atoms with Crippen molar-refractivity contribution in [2.75, 3.05) is 13.1 Å². The summed E-state index contributed by atoms with van der Waals surface area (Å²) < 4.78 is 28.1. The molecule has 0 aromatic carbocycles. The monoisotopic (exact) mass is 315 g/mol. The van der Waals surface area contributed by atoms with Crippen molar-refractivity contribution in [3.8, 4) is 0 Å². The van der Waals surface area contributed by atoms with Gasteiger partial charge in [0.05, 0.1) is 19.2 Å². The molecule has 0 bridgehead atoms. The van der Waals surface area contributed by atoms with Gasteiger partial charge in [0.2, 0.25) is 10.0 Å². The predicted molar refractivity (Wildman–Crippen MR) is 76.3 cm³/mol. The predicted octanol–water partition coefficient (Wildman–Crippen LogP) is 1.17. The zero-order chi connectivity index (χ0) is 15.5. The molecule has 0 radical (unpaired) electrons. The van der Waals surface area contributed by atoms with Crippen LogP contribution in [0, 0.1) is 5.92 Å². The topological polar surface area (TPSA) is 92.5 Å². The molecule has 1 aromatic rings. The molecule has 1 aliphatic carbocycles. The third-order valence-corrected chi connectivity index (χ3v) is 5.25. The molecule has 118 valence electrons. The summed E-state index contributed by atoms with van der Waals surface area (Å²) in [6.07, 6.45) is 5.57. The van der Waals surface area contributed by atoms with Gasteiger partial charge in [-0.25, -0.2) is 8.42 Å². The highest BCUT2D eigenvalue weighted by Gasteiger charge is 2.31. The molecule has 1 saturated carbocycles. The number of sulfonamides is 1. The van der Waals surface area contributed by atoms with Crippen molar-refractivity contribution in [2.24, 2.45) is 5.92 Å². The summed E-state index contributed by atoms with van der Waals surface area (Å²) in [7, 11) is -3.53. The van der Waals surface area contributed by atoms with Crippen molar-refractivity contribution in [1.29, 1.82) is 0 Å². The third kappa shape index (κ3) is 4.28. The molecular weight excluding hydrogens is 294 g/mol. The van der Waals surface area contributed by atoms with Crippen molar-refractivity contribution >= 4 is 16.0 Å². The molecule has 0 aliphatic heterocycles. The number of nitrogens with zero attached hydrogens (tertiary/aromatic N) is 3. The Morgan fingerprint density at radius 1 is 1.52 bits per heavy atom. The molecule has 2 rings (SSSR count). The van der Waals surface area contributed by atoms with Crippen LogP contribution in [-0.2, 0) is 21.4 Å². The Morgan fingerprint density at radius 3 is 2.81 bits per heavy atom. The van der Waals surface area contributed by atoms with Gasteiger partial charge in [-0.2, -0.15) is 9.40 Å². The van der Waals surface area contributed by atoms with Crippen molar-refractivity contribution < 1.29 is 18.3 Å². The summed E-state index contributed by atoms with van der Waals surface area (Å²) in [5.74, 6) is -0.454. The lowest BCUT2D eigenvalue weighted by molar-refractivity contribution is -0.137. The fourth-order valence-corrected chi connectivity index (χ4v) is 3.67. The molecule has 1 N–H and O–H groups in total. The van der Waals surface area contributed by atoms with E-state index in [0.29, 0.717) is 19.0 Å². The van der Waals surface area contributed by atoms with E-state index in [9.17, 15) is 13.2 Å². The SMILES string of the molecule is CCCN(CC1CC1)S(=O)(=O)c1cnn(CCC(=O)O)c1. The molecule has 1 aliphatic rings. The Hall–Kier alpha value is -1.41. The first kappa shape index (κ1) is 16.0. The standard InChI is InChI=1S/C13H21N3O4S/c1-2-6-16(9-11-3-4-11)21(19,20)12-8-14-15(10-12)7-5-13(17)18/h8,10-11H,2-7,9H2,1H3,(H,17,18). The van der Waals surface area contributed by atoms with Crippen LogP contribution in [0.5, 0.6) is 0 Å².